The van der Waals surface area contributed by atoms with Crippen LogP contribution in [0, 0.1) is 0 Å². The summed E-state index contributed by atoms with van der Waals surface area (Å²) < 4.78 is 38.3. The van der Waals surface area contributed by atoms with Crippen molar-refractivity contribution >= 4 is 33.2 Å². The number of hydrogen-bond donors (Lipinski definition) is 1. The zero-order valence-corrected chi connectivity index (χ0v) is 19.0. The van der Waals surface area contributed by atoms with E-state index in [1.54, 1.807) is 55.6 Å². The maximum Gasteiger partial charge on any atom is 0.264 e. The molecule has 0 spiro atoms. The number of benzene rings is 3. The Morgan fingerprint density at radius 3 is 2.34 bits per heavy atom. The van der Waals surface area contributed by atoms with E-state index in [0.29, 0.717) is 22.2 Å². The summed E-state index contributed by atoms with van der Waals surface area (Å²) in [6, 6.07) is 21.4. The van der Waals surface area contributed by atoms with Crippen LogP contribution in [-0.4, -0.2) is 41.1 Å². The molecule has 0 radical (unpaired) electrons. The van der Waals surface area contributed by atoms with Gasteiger partial charge in [0.05, 0.1) is 24.2 Å². The molecular formula is C23H23ClN2O5S. The fraction of sp³-hybridized carbons (Fsp3) is 0.174. The van der Waals surface area contributed by atoms with Crippen molar-refractivity contribution in [2.45, 2.75) is 4.90 Å². The molecule has 0 saturated heterocycles. The van der Waals surface area contributed by atoms with Crippen LogP contribution in [0.15, 0.2) is 83.8 Å². The molecule has 3 rings (SSSR count). The molecule has 0 saturated carbocycles. The molecule has 0 aliphatic heterocycles. The normalized spacial score (nSPS) is 10.9. The number of carbonyl (C=O) groups excluding carboxylic acids is 1. The predicted molar refractivity (Wildman–Crippen MR) is 124 cm³/mol. The molecule has 0 aliphatic rings. The van der Waals surface area contributed by atoms with E-state index < -0.39 is 22.5 Å². The molecule has 32 heavy (non-hydrogen) atoms. The van der Waals surface area contributed by atoms with Gasteiger partial charge in [0.1, 0.15) is 13.2 Å². The van der Waals surface area contributed by atoms with Gasteiger partial charge in [-0.25, -0.2) is 8.42 Å². The van der Waals surface area contributed by atoms with Crippen LogP contribution in [0.4, 0.5) is 5.69 Å². The summed E-state index contributed by atoms with van der Waals surface area (Å²) in [6.07, 6.45) is 0. The van der Waals surface area contributed by atoms with Crippen LogP contribution in [0.1, 0.15) is 0 Å². The smallest absolute Gasteiger partial charge is 0.264 e. The minimum absolute atomic E-state index is 0.0762. The lowest BCUT2D eigenvalue weighted by atomic mass is 10.3. The van der Waals surface area contributed by atoms with Crippen LogP contribution in [-0.2, 0) is 14.8 Å². The Morgan fingerprint density at radius 1 is 0.969 bits per heavy atom. The average molecular weight is 475 g/mol. The minimum Gasteiger partial charge on any atom is -0.493 e. The van der Waals surface area contributed by atoms with Crippen LogP contribution in [0.25, 0.3) is 0 Å². The average Bonchev–Trinajstić information content (AvgIpc) is 2.81. The van der Waals surface area contributed by atoms with Gasteiger partial charge in [-0.2, -0.15) is 0 Å². The van der Waals surface area contributed by atoms with Crippen LogP contribution >= 0.6 is 11.6 Å². The van der Waals surface area contributed by atoms with Crippen molar-refractivity contribution in [3.05, 3.63) is 83.9 Å². The van der Waals surface area contributed by atoms with E-state index in [1.807, 2.05) is 12.1 Å². The van der Waals surface area contributed by atoms with Gasteiger partial charge in [-0.3, -0.25) is 9.10 Å². The molecule has 0 aliphatic carbocycles. The van der Waals surface area contributed by atoms with Crippen LogP contribution < -0.4 is 19.1 Å². The van der Waals surface area contributed by atoms with E-state index in [4.69, 9.17) is 21.1 Å². The Bertz CT molecular complexity index is 1160. The second kappa shape index (κ2) is 10.9. The van der Waals surface area contributed by atoms with E-state index in [2.05, 4.69) is 5.32 Å². The standard InChI is InChI=1S/C23H23ClN2O5S/c1-30-21-12-5-6-13-22(21)31-15-14-25-23(27)17-26(19-9-7-8-18(24)16-19)32(28,29)20-10-3-2-4-11-20/h2-13,16H,14-15,17H2,1H3,(H,25,27). The number of sulfonamides is 1. The molecule has 168 valence electrons. The lowest BCUT2D eigenvalue weighted by molar-refractivity contribution is -0.119. The predicted octanol–water partition coefficient (Wildman–Crippen LogP) is 3.74. The number of halogens is 1. The third-order valence-corrected chi connectivity index (χ3v) is 6.49. The van der Waals surface area contributed by atoms with E-state index in [9.17, 15) is 13.2 Å². The maximum atomic E-state index is 13.2. The Kier molecular flexibility index (Phi) is 7.97. The first-order valence-electron chi connectivity index (χ1n) is 9.77. The molecule has 0 fully saturated rings. The van der Waals surface area contributed by atoms with Gasteiger partial charge < -0.3 is 14.8 Å². The van der Waals surface area contributed by atoms with Gasteiger partial charge in [0, 0.05) is 5.02 Å². The van der Waals surface area contributed by atoms with Gasteiger partial charge in [-0.15, -0.1) is 0 Å². The Hall–Kier alpha value is -3.23. The molecule has 3 aromatic rings. The Labute approximate surface area is 192 Å². The molecule has 1 amide bonds. The number of amides is 1. The number of methoxy groups -OCH3 is 1. The zero-order valence-electron chi connectivity index (χ0n) is 17.4. The van der Waals surface area contributed by atoms with Gasteiger partial charge in [-0.05, 0) is 42.5 Å². The minimum atomic E-state index is -3.98. The van der Waals surface area contributed by atoms with Crippen molar-refractivity contribution in [2.24, 2.45) is 0 Å². The van der Waals surface area contributed by atoms with Crippen molar-refractivity contribution in [1.82, 2.24) is 5.32 Å². The molecule has 7 nitrogen and oxygen atoms in total. The molecule has 0 bridgehead atoms. The molecule has 3 aromatic carbocycles. The number of carbonyl (C=O) groups is 1. The quantitative estimate of drug-likeness (QED) is 0.452. The molecule has 0 atom stereocenters. The SMILES string of the molecule is COc1ccccc1OCCNC(=O)CN(c1cccc(Cl)c1)S(=O)(=O)c1ccccc1. The van der Waals surface area contributed by atoms with E-state index in [0.717, 1.165) is 4.31 Å². The van der Waals surface area contributed by atoms with Gasteiger partial charge in [0.25, 0.3) is 10.0 Å². The third-order valence-electron chi connectivity index (χ3n) is 4.47. The monoisotopic (exact) mass is 474 g/mol. The van der Waals surface area contributed by atoms with Crippen LogP contribution in [0.2, 0.25) is 5.02 Å². The maximum absolute atomic E-state index is 13.2. The molecular weight excluding hydrogens is 452 g/mol. The number of anilines is 1. The topological polar surface area (TPSA) is 84.9 Å². The highest BCUT2D eigenvalue weighted by atomic mass is 35.5. The third kappa shape index (κ3) is 5.93. The Balaban J connectivity index is 1.69. The lowest BCUT2D eigenvalue weighted by Gasteiger charge is -2.24. The van der Waals surface area contributed by atoms with Crippen LogP contribution in [0.5, 0.6) is 11.5 Å². The van der Waals surface area contributed by atoms with Gasteiger partial charge in [-0.1, -0.05) is 48.0 Å². The second-order valence-corrected chi connectivity index (χ2v) is 8.95. The number of nitrogens with one attached hydrogen (secondary N) is 1. The fourth-order valence-corrected chi connectivity index (χ4v) is 4.56. The van der Waals surface area contributed by atoms with E-state index >= 15 is 0 Å². The van der Waals surface area contributed by atoms with Crippen LogP contribution in [0.3, 0.4) is 0 Å². The lowest BCUT2D eigenvalue weighted by Crippen LogP contribution is -2.41. The summed E-state index contributed by atoms with van der Waals surface area (Å²) in [4.78, 5) is 12.7. The zero-order chi connectivity index (χ0) is 23.0. The first-order chi connectivity index (χ1) is 15.4. The number of para-hydroxylation sites is 2. The number of hydrogen-bond acceptors (Lipinski definition) is 5. The summed E-state index contributed by atoms with van der Waals surface area (Å²) in [6.45, 7) is -0.0351. The first kappa shape index (κ1) is 23.4. The largest absolute Gasteiger partial charge is 0.493 e. The van der Waals surface area contributed by atoms with Gasteiger partial charge in [0.2, 0.25) is 5.91 Å². The summed E-state index contributed by atoms with van der Waals surface area (Å²) in [5.74, 6) is 0.657. The highest BCUT2D eigenvalue weighted by Gasteiger charge is 2.27. The highest BCUT2D eigenvalue weighted by Crippen LogP contribution is 2.26. The second-order valence-electron chi connectivity index (χ2n) is 6.65. The number of ether oxygens (including phenoxy) is 2. The summed E-state index contributed by atoms with van der Waals surface area (Å²) >= 11 is 6.06. The van der Waals surface area contributed by atoms with Gasteiger partial charge in [0.15, 0.2) is 11.5 Å². The highest BCUT2D eigenvalue weighted by molar-refractivity contribution is 7.92. The molecule has 0 aromatic heterocycles. The number of rotatable bonds is 10. The van der Waals surface area contributed by atoms with Gasteiger partial charge >= 0.3 is 0 Å². The van der Waals surface area contributed by atoms with Crippen molar-refractivity contribution in [3.63, 3.8) is 0 Å². The fourth-order valence-electron chi connectivity index (χ4n) is 2.94. The first-order valence-corrected chi connectivity index (χ1v) is 11.6. The molecule has 0 heterocycles. The van der Waals surface area contributed by atoms with Crippen molar-refractivity contribution < 1.29 is 22.7 Å². The van der Waals surface area contributed by atoms with Crippen molar-refractivity contribution in [3.8, 4) is 11.5 Å². The van der Waals surface area contributed by atoms with E-state index in [-0.39, 0.29) is 18.0 Å². The van der Waals surface area contributed by atoms with Crippen molar-refractivity contribution in [1.29, 1.82) is 0 Å². The van der Waals surface area contributed by atoms with Crippen molar-refractivity contribution in [2.75, 3.05) is 31.1 Å². The Morgan fingerprint density at radius 2 is 1.66 bits per heavy atom. The molecule has 1 N–H and O–H groups in total. The number of nitrogens with zero attached hydrogens (tertiary/aromatic N) is 1. The summed E-state index contributed by atoms with van der Waals surface area (Å²) in [7, 11) is -2.44. The van der Waals surface area contributed by atoms with E-state index in [1.165, 1.54) is 18.2 Å². The summed E-state index contributed by atoms with van der Waals surface area (Å²) in [5.41, 5.74) is 0.293. The molecule has 0 unspecified atom stereocenters. The summed E-state index contributed by atoms with van der Waals surface area (Å²) in [5, 5.41) is 3.05. The molecule has 9 heteroatoms.